The Bertz CT molecular complexity index is 1390. The van der Waals surface area contributed by atoms with Crippen molar-refractivity contribution in [2.24, 2.45) is 0 Å². The molecule has 7 heteroatoms. The van der Waals surface area contributed by atoms with Gasteiger partial charge in [0.2, 0.25) is 0 Å². The van der Waals surface area contributed by atoms with Gasteiger partial charge in [-0.05, 0) is 42.8 Å². The van der Waals surface area contributed by atoms with Crippen molar-refractivity contribution in [2.45, 2.75) is 12.8 Å². The molecule has 1 N–H and O–H groups in total. The van der Waals surface area contributed by atoms with Crippen LogP contribution in [0.4, 0.5) is 0 Å². The number of nitrogens with zero attached hydrogens (tertiary/aromatic N) is 3. The topological polar surface area (TPSA) is 69.0 Å². The van der Waals surface area contributed by atoms with Crippen molar-refractivity contribution >= 4 is 27.5 Å². The highest BCUT2D eigenvalue weighted by molar-refractivity contribution is 7.18. The molecule has 0 bridgehead atoms. The molecule has 1 amide bonds. The van der Waals surface area contributed by atoms with Crippen LogP contribution in [0, 0.1) is 0 Å². The summed E-state index contributed by atoms with van der Waals surface area (Å²) in [6.07, 6.45) is 3.41. The first kappa shape index (κ1) is 21.9. The van der Waals surface area contributed by atoms with Gasteiger partial charge < -0.3 is 10.1 Å². The zero-order chi connectivity index (χ0) is 23.3. The molecule has 0 saturated heterocycles. The van der Waals surface area contributed by atoms with Gasteiger partial charge in [0.05, 0.1) is 33.6 Å². The number of aryl methyl sites for hydroxylation is 1. The van der Waals surface area contributed by atoms with Crippen LogP contribution in [0.2, 0.25) is 0 Å². The molecule has 6 nitrogen and oxygen atoms in total. The predicted octanol–water partition coefficient (Wildman–Crippen LogP) is 5.52. The molecule has 0 saturated carbocycles. The lowest BCUT2D eigenvalue weighted by molar-refractivity contribution is 0.0954. The van der Waals surface area contributed by atoms with Gasteiger partial charge >= 0.3 is 0 Å². The van der Waals surface area contributed by atoms with Crippen LogP contribution in [0.25, 0.3) is 27.2 Å². The molecule has 3 aromatic carbocycles. The normalized spacial score (nSPS) is 11.0. The summed E-state index contributed by atoms with van der Waals surface area (Å²) in [6, 6.07) is 25.5. The van der Waals surface area contributed by atoms with Crippen LogP contribution in [-0.2, 0) is 6.42 Å². The van der Waals surface area contributed by atoms with E-state index in [1.807, 2.05) is 72.8 Å². The van der Waals surface area contributed by atoms with Crippen molar-refractivity contribution in [3.63, 3.8) is 0 Å². The summed E-state index contributed by atoms with van der Waals surface area (Å²) in [5.74, 6) is 0.512. The highest BCUT2D eigenvalue weighted by Crippen LogP contribution is 2.31. The van der Waals surface area contributed by atoms with Crippen LogP contribution in [0.15, 0.2) is 85.1 Å². The Morgan fingerprint density at radius 3 is 2.59 bits per heavy atom. The molecular weight excluding hydrogens is 444 g/mol. The van der Waals surface area contributed by atoms with E-state index in [2.05, 4.69) is 16.4 Å². The van der Waals surface area contributed by atoms with Gasteiger partial charge in [-0.15, -0.1) is 11.3 Å². The molecule has 0 radical (unpaired) electrons. The highest BCUT2D eigenvalue weighted by atomic mass is 32.1. The van der Waals surface area contributed by atoms with E-state index in [0.29, 0.717) is 23.6 Å². The smallest absolute Gasteiger partial charge is 0.255 e. The maximum Gasteiger partial charge on any atom is 0.255 e. The minimum Gasteiger partial charge on any atom is -0.496 e. The number of benzene rings is 3. The number of fused-ring (bicyclic) bond motifs is 1. The monoisotopic (exact) mass is 468 g/mol. The van der Waals surface area contributed by atoms with Gasteiger partial charge in [-0.1, -0.05) is 42.5 Å². The first-order valence-electron chi connectivity index (χ1n) is 11.1. The molecule has 5 aromatic rings. The minimum absolute atomic E-state index is 0.160. The standard InChI is InChI=1S/C27H24N4O2S/c1-33-23-14-7-5-12-20(23)26-21(18-31(30-26)19-10-3-2-4-11-19)27(32)28-17-9-16-25-29-22-13-6-8-15-24(22)34-25/h2-8,10-15,18H,9,16-17H2,1H3,(H,28,32). The van der Waals surface area contributed by atoms with Crippen molar-refractivity contribution in [1.82, 2.24) is 20.1 Å². The molecule has 2 aromatic heterocycles. The lowest BCUT2D eigenvalue weighted by Crippen LogP contribution is -2.25. The molecule has 0 atom stereocenters. The second kappa shape index (κ2) is 9.89. The number of nitrogens with one attached hydrogen (secondary N) is 1. The maximum absolute atomic E-state index is 13.2. The van der Waals surface area contributed by atoms with Gasteiger partial charge in [0, 0.05) is 24.7 Å². The number of methoxy groups -OCH3 is 1. The zero-order valence-electron chi connectivity index (χ0n) is 18.8. The summed E-state index contributed by atoms with van der Waals surface area (Å²) in [4.78, 5) is 17.9. The number of carbonyl (C=O) groups is 1. The van der Waals surface area contributed by atoms with Crippen molar-refractivity contribution in [1.29, 1.82) is 0 Å². The molecule has 0 aliphatic heterocycles. The lowest BCUT2D eigenvalue weighted by atomic mass is 10.1. The molecular formula is C27H24N4O2S. The molecule has 2 heterocycles. The SMILES string of the molecule is COc1ccccc1-c1nn(-c2ccccc2)cc1C(=O)NCCCc1nc2ccccc2s1. The zero-order valence-corrected chi connectivity index (χ0v) is 19.6. The van der Waals surface area contributed by atoms with E-state index in [-0.39, 0.29) is 5.91 Å². The van der Waals surface area contributed by atoms with Gasteiger partial charge in [-0.3, -0.25) is 4.79 Å². The highest BCUT2D eigenvalue weighted by Gasteiger charge is 2.21. The fourth-order valence-electron chi connectivity index (χ4n) is 3.86. The molecule has 0 fully saturated rings. The maximum atomic E-state index is 13.2. The van der Waals surface area contributed by atoms with Gasteiger partial charge in [0.15, 0.2) is 0 Å². The Kier molecular flexibility index (Phi) is 6.35. The van der Waals surface area contributed by atoms with Crippen LogP contribution >= 0.6 is 11.3 Å². The van der Waals surface area contributed by atoms with E-state index in [4.69, 9.17) is 9.84 Å². The van der Waals surface area contributed by atoms with E-state index in [1.54, 1.807) is 29.3 Å². The average molecular weight is 469 g/mol. The first-order valence-corrected chi connectivity index (χ1v) is 12.0. The van der Waals surface area contributed by atoms with E-state index >= 15 is 0 Å². The summed E-state index contributed by atoms with van der Waals surface area (Å²) >= 11 is 1.71. The Morgan fingerprint density at radius 1 is 1.00 bits per heavy atom. The lowest BCUT2D eigenvalue weighted by Gasteiger charge is -2.08. The summed E-state index contributed by atoms with van der Waals surface area (Å²) in [5, 5.41) is 8.89. The summed E-state index contributed by atoms with van der Waals surface area (Å²) in [7, 11) is 1.62. The number of para-hydroxylation sites is 3. The third-order valence-corrected chi connectivity index (χ3v) is 6.63. The molecule has 5 rings (SSSR count). The summed E-state index contributed by atoms with van der Waals surface area (Å²) in [6.45, 7) is 0.552. The average Bonchev–Trinajstić information content (AvgIpc) is 3.51. The molecule has 0 aliphatic carbocycles. The summed E-state index contributed by atoms with van der Waals surface area (Å²) in [5.41, 5.74) is 3.78. The number of rotatable bonds is 8. The third kappa shape index (κ3) is 4.56. The van der Waals surface area contributed by atoms with Crippen LogP contribution in [0.1, 0.15) is 21.8 Å². The first-order chi connectivity index (χ1) is 16.7. The second-order valence-electron chi connectivity index (χ2n) is 7.81. The Morgan fingerprint density at radius 2 is 1.76 bits per heavy atom. The van der Waals surface area contributed by atoms with Gasteiger partial charge in [-0.25, -0.2) is 9.67 Å². The van der Waals surface area contributed by atoms with E-state index in [1.165, 1.54) is 4.70 Å². The second-order valence-corrected chi connectivity index (χ2v) is 8.92. The predicted molar refractivity (Wildman–Crippen MR) is 136 cm³/mol. The van der Waals surface area contributed by atoms with Crippen molar-refractivity contribution in [2.75, 3.05) is 13.7 Å². The van der Waals surface area contributed by atoms with Gasteiger partial charge in [-0.2, -0.15) is 5.10 Å². The van der Waals surface area contributed by atoms with Crippen molar-refractivity contribution in [3.8, 4) is 22.7 Å². The molecule has 0 aliphatic rings. The number of hydrogen-bond donors (Lipinski definition) is 1. The Balaban J connectivity index is 1.34. The molecule has 170 valence electrons. The number of thiazole rings is 1. The van der Waals surface area contributed by atoms with Crippen LogP contribution in [0.3, 0.4) is 0 Å². The number of carbonyl (C=O) groups excluding carboxylic acids is 1. The number of aromatic nitrogens is 3. The largest absolute Gasteiger partial charge is 0.496 e. The summed E-state index contributed by atoms with van der Waals surface area (Å²) < 4.78 is 8.46. The van der Waals surface area contributed by atoms with Crippen LogP contribution in [-0.4, -0.2) is 34.3 Å². The van der Waals surface area contributed by atoms with E-state index in [0.717, 1.165) is 34.6 Å². The number of amides is 1. The van der Waals surface area contributed by atoms with Crippen LogP contribution in [0.5, 0.6) is 5.75 Å². The van der Waals surface area contributed by atoms with Crippen LogP contribution < -0.4 is 10.1 Å². The minimum atomic E-state index is -0.160. The molecule has 0 spiro atoms. The van der Waals surface area contributed by atoms with E-state index in [9.17, 15) is 4.79 Å². The number of hydrogen-bond acceptors (Lipinski definition) is 5. The van der Waals surface area contributed by atoms with Crippen molar-refractivity contribution in [3.05, 3.63) is 95.6 Å². The Hall–Kier alpha value is -3.97. The molecule has 34 heavy (non-hydrogen) atoms. The number of ether oxygens (including phenoxy) is 1. The van der Waals surface area contributed by atoms with Crippen molar-refractivity contribution < 1.29 is 9.53 Å². The fourth-order valence-corrected chi connectivity index (χ4v) is 4.87. The third-order valence-electron chi connectivity index (χ3n) is 5.53. The fraction of sp³-hybridized carbons (Fsp3) is 0.148. The Labute approximate surface area is 201 Å². The molecule has 0 unspecified atom stereocenters. The van der Waals surface area contributed by atoms with Gasteiger partial charge in [0.25, 0.3) is 5.91 Å². The quantitative estimate of drug-likeness (QED) is 0.305. The van der Waals surface area contributed by atoms with E-state index < -0.39 is 0 Å². The van der Waals surface area contributed by atoms with Gasteiger partial charge in [0.1, 0.15) is 11.4 Å².